The van der Waals surface area contributed by atoms with Gasteiger partial charge in [0.1, 0.15) is 0 Å². The third-order valence-corrected chi connectivity index (χ3v) is 8.59. The molecule has 2 atom stereocenters. The van der Waals surface area contributed by atoms with Gasteiger partial charge in [-0.15, -0.1) is 0 Å². The average Bonchev–Trinajstić information content (AvgIpc) is 3.02. The van der Waals surface area contributed by atoms with Gasteiger partial charge in [0.25, 0.3) is 5.91 Å². The van der Waals surface area contributed by atoms with Gasteiger partial charge in [0, 0.05) is 49.2 Å². The first-order chi connectivity index (χ1) is 20.5. The van der Waals surface area contributed by atoms with Gasteiger partial charge >= 0.3 is 0 Å². The summed E-state index contributed by atoms with van der Waals surface area (Å²) < 4.78 is 0. The Morgan fingerprint density at radius 1 is 0.929 bits per heavy atom. The molecule has 42 heavy (non-hydrogen) atoms. The van der Waals surface area contributed by atoms with Gasteiger partial charge in [-0.05, 0) is 85.8 Å². The maximum Gasteiger partial charge on any atom is 0.251 e. The largest absolute Gasteiger partial charge is 0.351 e. The van der Waals surface area contributed by atoms with E-state index in [0.717, 1.165) is 62.8 Å². The molecule has 1 aliphatic heterocycles. The molecule has 0 aliphatic carbocycles. The van der Waals surface area contributed by atoms with E-state index >= 15 is 0 Å². The molecule has 6 nitrogen and oxygen atoms in total. The first-order valence-electron chi connectivity index (χ1n) is 15.8. The van der Waals surface area contributed by atoms with E-state index in [2.05, 4.69) is 58.5 Å². The lowest BCUT2D eigenvalue weighted by Crippen LogP contribution is -2.50. The molecule has 1 saturated heterocycles. The number of hydrogen-bond donors (Lipinski definition) is 2. The van der Waals surface area contributed by atoms with Crippen molar-refractivity contribution in [1.82, 2.24) is 20.4 Å². The molecular formula is C35H47ClN4O2. The monoisotopic (exact) mass is 590 g/mol. The predicted molar refractivity (Wildman–Crippen MR) is 174 cm³/mol. The summed E-state index contributed by atoms with van der Waals surface area (Å²) in [4.78, 5) is 31.5. The highest BCUT2D eigenvalue weighted by molar-refractivity contribution is 6.31. The maximum absolute atomic E-state index is 14.0. The van der Waals surface area contributed by atoms with Crippen LogP contribution in [0.2, 0.25) is 5.02 Å². The van der Waals surface area contributed by atoms with Gasteiger partial charge in [-0.2, -0.15) is 0 Å². The number of benzene rings is 3. The summed E-state index contributed by atoms with van der Waals surface area (Å²) >= 11 is 6.10. The lowest BCUT2D eigenvalue weighted by molar-refractivity contribution is -0.134. The molecule has 3 aromatic rings. The van der Waals surface area contributed by atoms with Crippen LogP contribution < -0.4 is 10.6 Å². The molecule has 0 aromatic heterocycles. The molecule has 1 heterocycles. The Morgan fingerprint density at radius 2 is 1.67 bits per heavy atom. The zero-order chi connectivity index (χ0) is 29.7. The van der Waals surface area contributed by atoms with E-state index in [1.807, 2.05) is 42.5 Å². The number of fused-ring (bicyclic) bond motifs is 1. The van der Waals surface area contributed by atoms with Gasteiger partial charge in [-0.25, -0.2) is 0 Å². The van der Waals surface area contributed by atoms with Crippen LogP contribution in [0.25, 0.3) is 10.8 Å². The number of likely N-dealkylation sites (tertiary alicyclic amines) is 1. The van der Waals surface area contributed by atoms with Crippen molar-refractivity contribution in [1.29, 1.82) is 0 Å². The molecule has 7 heteroatoms. The van der Waals surface area contributed by atoms with E-state index < -0.39 is 0 Å². The number of piperidine rings is 1. The highest BCUT2D eigenvalue weighted by atomic mass is 35.5. The van der Waals surface area contributed by atoms with E-state index in [9.17, 15) is 9.59 Å². The molecule has 2 amide bonds. The van der Waals surface area contributed by atoms with Crippen LogP contribution in [0, 0.1) is 0 Å². The minimum Gasteiger partial charge on any atom is -0.351 e. The molecule has 0 radical (unpaired) electrons. The lowest BCUT2D eigenvalue weighted by Gasteiger charge is -2.33. The molecule has 0 saturated carbocycles. The summed E-state index contributed by atoms with van der Waals surface area (Å²) in [5.74, 6) is 0.357. The van der Waals surface area contributed by atoms with E-state index in [0.29, 0.717) is 29.6 Å². The Morgan fingerprint density at radius 3 is 2.40 bits per heavy atom. The first-order valence-corrected chi connectivity index (χ1v) is 16.1. The Labute approximate surface area is 256 Å². The van der Waals surface area contributed by atoms with Crippen molar-refractivity contribution >= 4 is 34.2 Å². The van der Waals surface area contributed by atoms with Gasteiger partial charge in [-0.1, -0.05) is 74.3 Å². The van der Waals surface area contributed by atoms with Gasteiger partial charge in [0.15, 0.2) is 0 Å². The molecule has 0 unspecified atom stereocenters. The highest BCUT2D eigenvalue weighted by Gasteiger charge is 2.27. The Hall–Kier alpha value is -2.93. The van der Waals surface area contributed by atoms with Crippen LogP contribution in [-0.2, 0) is 4.79 Å². The van der Waals surface area contributed by atoms with Crippen LogP contribution in [0.15, 0.2) is 66.7 Å². The van der Waals surface area contributed by atoms with E-state index in [1.54, 1.807) is 0 Å². The van der Waals surface area contributed by atoms with Gasteiger partial charge < -0.3 is 20.4 Å². The van der Waals surface area contributed by atoms with Crippen molar-refractivity contribution in [2.45, 2.75) is 64.3 Å². The number of nitrogens with zero attached hydrogens (tertiary/aromatic N) is 2. The average molecular weight is 591 g/mol. The Balaban J connectivity index is 1.38. The molecule has 1 aliphatic rings. The zero-order valence-corrected chi connectivity index (χ0v) is 26.0. The first kappa shape index (κ1) is 32.0. The summed E-state index contributed by atoms with van der Waals surface area (Å²) in [6.07, 6.45) is 6.43. The minimum atomic E-state index is -0.283. The molecule has 1 fully saturated rings. The number of carbonyl (C=O) groups is 2. The smallest absolute Gasteiger partial charge is 0.251 e. The van der Waals surface area contributed by atoms with Crippen molar-refractivity contribution in [2.24, 2.45) is 0 Å². The van der Waals surface area contributed by atoms with Gasteiger partial charge in [0.05, 0.1) is 6.04 Å². The fraction of sp³-hybridized carbons (Fsp3) is 0.486. The number of amides is 2. The number of hydrogen-bond acceptors (Lipinski definition) is 4. The van der Waals surface area contributed by atoms with Crippen molar-refractivity contribution in [3.63, 3.8) is 0 Å². The van der Waals surface area contributed by atoms with Crippen molar-refractivity contribution in [3.05, 3.63) is 82.9 Å². The van der Waals surface area contributed by atoms with Crippen LogP contribution in [0.1, 0.15) is 74.2 Å². The summed E-state index contributed by atoms with van der Waals surface area (Å²) in [6.45, 7) is 9.91. The molecule has 3 aromatic carbocycles. The molecule has 2 N–H and O–H groups in total. The zero-order valence-electron chi connectivity index (χ0n) is 25.3. The number of nitrogens with one attached hydrogen (secondary N) is 2. The van der Waals surface area contributed by atoms with Crippen LogP contribution in [-0.4, -0.2) is 73.5 Å². The number of halogens is 1. The van der Waals surface area contributed by atoms with Crippen LogP contribution >= 0.6 is 11.6 Å². The normalized spacial score (nSPS) is 15.3. The second-order valence-corrected chi connectivity index (χ2v) is 11.9. The molecule has 4 rings (SSSR count). The van der Waals surface area contributed by atoms with Crippen molar-refractivity contribution in [3.8, 4) is 0 Å². The third-order valence-electron chi connectivity index (χ3n) is 8.36. The van der Waals surface area contributed by atoms with E-state index in [4.69, 9.17) is 11.6 Å². The Bertz CT molecular complexity index is 1280. The maximum atomic E-state index is 14.0. The van der Waals surface area contributed by atoms with E-state index in [-0.39, 0.29) is 17.9 Å². The summed E-state index contributed by atoms with van der Waals surface area (Å²) in [6, 6.07) is 21.5. The second kappa shape index (κ2) is 16.6. The number of carbonyl (C=O) groups excluding carboxylic acids is 2. The lowest BCUT2D eigenvalue weighted by atomic mass is 9.95. The van der Waals surface area contributed by atoms with Crippen LogP contribution in [0.4, 0.5) is 0 Å². The quantitative estimate of drug-likeness (QED) is 0.199. The predicted octanol–water partition coefficient (Wildman–Crippen LogP) is 6.49. The molecule has 0 spiro atoms. The van der Waals surface area contributed by atoms with E-state index in [1.165, 1.54) is 24.8 Å². The highest BCUT2D eigenvalue weighted by Crippen LogP contribution is 2.22. The SMILES string of the molecule is CCCN(C[C@@H](CC)c1ccccc1)C(=O)[C@@H](CCN1CCCCC1)NCCNC(=O)c1ccc2cc(Cl)ccc2c1. The number of rotatable bonds is 15. The summed E-state index contributed by atoms with van der Waals surface area (Å²) in [5, 5.41) is 9.21. The molecule has 0 bridgehead atoms. The topological polar surface area (TPSA) is 64.7 Å². The summed E-state index contributed by atoms with van der Waals surface area (Å²) in [5.41, 5.74) is 1.90. The Kier molecular flexibility index (Phi) is 12.7. The van der Waals surface area contributed by atoms with Crippen LogP contribution in [0.5, 0.6) is 0 Å². The molecule has 226 valence electrons. The molecular weight excluding hydrogens is 544 g/mol. The van der Waals surface area contributed by atoms with Crippen LogP contribution in [0.3, 0.4) is 0 Å². The van der Waals surface area contributed by atoms with Gasteiger partial charge in [0.2, 0.25) is 5.91 Å². The second-order valence-electron chi connectivity index (χ2n) is 11.5. The standard InChI is InChI=1S/C35H47ClN4O2/c1-3-20-40(26-27(4-2)28-11-7-5-8-12-28)35(42)33(17-23-39-21-9-6-10-22-39)37-18-19-38-34(41)31-14-13-30-25-32(36)16-15-29(30)24-31/h5,7-8,11-16,24-25,27,33,37H,3-4,6,9-10,17-23,26H2,1-2H3,(H,38,41)/t27-,33-/m1/s1. The minimum absolute atomic E-state index is 0.119. The van der Waals surface area contributed by atoms with Crippen molar-refractivity contribution < 1.29 is 9.59 Å². The fourth-order valence-corrected chi connectivity index (χ4v) is 6.11. The van der Waals surface area contributed by atoms with Crippen molar-refractivity contribution in [2.75, 3.05) is 45.8 Å². The van der Waals surface area contributed by atoms with Gasteiger partial charge in [-0.3, -0.25) is 9.59 Å². The summed E-state index contributed by atoms with van der Waals surface area (Å²) in [7, 11) is 0. The fourth-order valence-electron chi connectivity index (χ4n) is 5.93. The third kappa shape index (κ3) is 9.29.